The molecule has 0 aliphatic heterocycles. The van der Waals surface area contributed by atoms with Gasteiger partial charge in [0.2, 0.25) is 11.1 Å². The Hall–Kier alpha value is -2.02. The lowest BCUT2D eigenvalue weighted by Crippen LogP contribution is -2.14. The number of carbonyl (C=O) groups excluding carboxylic acids is 1. The summed E-state index contributed by atoms with van der Waals surface area (Å²) in [5.74, 6) is 2.12. The van der Waals surface area contributed by atoms with Crippen LogP contribution in [0.2, 0.25) is 0 Å². The molecule has 0 saturated heterocycles. The molecule has 24 heavy (non-hydrogen) atoms. The maximum Gasteiger partial charge on any atom is 0.234 e. The van der Waals surface area contributed by atoms with E-state index in [1.54, 1.807) is 0 Å². The summed E-state index contributed by atoms with van der Waals surface area (Å²) in [5, 5.41) is 10.4. The number of nitrogens with one attached hydrogen (secondary N) is 2. The summed E-state index contributed by atoms with van der Waals surface area (Å²) in [6.07, 6.45) is 2.14. The zero-order valence-corrected chi connectivity index (χ0v) is 15.2. The lowest BCUT2D eigenvalue weighted by molar-refractivity contribution is -0.113. The number of aromatic amines is 1. The van der Waals surface area contributed by atoms with Gasteiger partial charge in [-0.05, 0) is 30.7 Å². The van der Waals surface area contributed by atoms with Crippen LogP contribution in [0.4, 0.5) is 5.69 Å². The smallest absolute Gasteiger partial charge is 0.234 e. The molecule has 2 aromatic rings. The molecule has 0 aliphatic rings. The topological polar surface area (TPSA) is 79.9 Å². The minimum Gasteiger partial charge on any atom is -0.494 e. The normalized spacial score (nSPS) is 10.8. The molecule has 0 atom stereocenters. The van der Waals surface area contributed by atoms with E-state index < -0.39 is 0 Å². The zero-order chi connectivity index (χ0) is 17.4. The third-order valence-electron chi connectivity index (χ3n) is 3.27. The summed E-state index contributed by atoms with van der Waals surface area (Å²) in [4.78, 5) is 16.3. The lowest BCUT2D eigenvalue weighted by Gasteiger charge is -2.07. The van der Waals surface area contributed by atoms with Gasteiger partial charge in [-0.2, -0.15) is 0 Å². The molecule has 0 spiro atoms. The first-order chi connectivity index (χ1) is 11.6. The number of anilines is 1. The molecule has 2 rings (SSSR count). The number of amides is 1. The van der Waals surface area contributed by atoms with Crippen molar-refractivity contribution in [2.75, 3.05) is 17.7 Å². The van der Waals surface area contributed by atoms with Gasteiger partial charge in [-0.25, -0.2) is 4.98 Å². The van der Waals surface area contributed by atoms with Gasteiger partial charge in [-0.3, -0.25) is 9.89 Å². The minimum absolute atomic E-state index is 0.0875. The SMILES string of the molecule is CCCCOc1ccc(NC(=O)CSc2n[nH]c(C(C)C)n2)cc1. The molecule has 1 aromatic heterocycles. The van der Waals surface area contributed by atoms with Crippen LogP contribution >= 0.6 is 11.8 Å². The number of benzene rings is 1. The van der Waals surface area contributed by atoms with Gasteiger partial charge in [0.05, 0.1) is 12.4 Å². The van der Waals surface area contributed by atoms with Gasteiger partial charge in [0.15, 0.2) is 0 Å². The van der Waals surface area contributed by atoms with Crippen molar-refractivity contribution < 1.29 is 9.53 Å². The second kappa shape index (κ2) is 9.32. The first kappa shape index (κ1) is 18.3. The Balaban J connectivity index is 1.77. The van der Waals surface area contributed by atoms with E-state index in [2.05, 4.69) is 27.4 Å². The Morgan fingerprint density at radius 2 is 2.08 bits per heavy atom. The number of aromatic nitrogens is 3. The van der Waals surface area contributed by atoms with Crippen LogP contribution in [0.5, 0.6) is 5.75 Å². The van der Waals surface area contributed by atoms with E-state index in [0.29, 0.717) is 17.7 Å². The van der Waals surface area contributed by atoms with Crippen molar-refractivity contribution in [3.05, 3.63) is 30.1 Å². The van der Waals surface area contributed by atoms with Gasteiger partial charge in [-0.1, -0.05) is 39.0 Å². The lowest BCUT2D eigenvalue weighted by atomic mass is 10.2. The van der Waals surface area contributed by atoms with Crippen LogP contribution in [-0.2, 0) is 4.79 Å². The summed E-state index contributed by atoms with van der Waals surface area (Å²) in [6.45, 7) is 6.92. The van der Waals surface area contributed by atoms with Crippen molar-refractivity contribution >= 4 is 23.4 Å². The average molecular weight is 348 g/mol. The van der Waals surface area contributed by atoms with E-state index in [9.17, 15) is 4.79 Å². The summed E-state index contributed by atoms with van der Waals surface area (Å²) in [6, 6.07) is 7.41. The number of H-pyrrole nitrogens is 1. The predicted molar refractivity (Wildman–Crippen MR) is 96.7 cm³/mol. The first-order valence-electron chi connectivity index (χ1n) is 8.16. The Bertz CT molecular complexity index is 640. The number of carbonyl (C=O) groups is 1. The highest BCUT2D eigenvalue weighted by molar-refractivity contribution is 7.99. The van der Waals surface area contributed by atoms with Gasteiger partial charge in [0.25, 0.3) is 0 Å². The number of rotatable bonds is 9. The van der Waals surface area contributed by atoms with E-state index in [1.165, 1.54) is 11.8 Å². The number of unbranched alkanes of at least 4 members (excludes halogenated alkanes) is 1. The summed E-state index contributed by atoms with van der Waals surface area (Å²) in [5.41, 5.74) is 0.751. The maximum absolute atomic E-state index is 12.0. The number of ether oxygens (including phenoxy) is 1. The van der Waals surface area contributed by atoms with Gasteiger partial charge in [0, 0.05) is 11.6 Å². The van der Waals surface area contributed by atoms with E-state index in [-0.39, 0.29) is 11.7 Å². The standard InChI is InChI=1S/C17H24N4O2S/c1-4-5-10-23-14-8-6-13(7-9-14)18-15(22)11-24-17-19-16(12(2)3)20-21-17/h6-9,12H,4-5,10-11H2,1-3H3,(H,18,22)(H,19,20,21). The quantitative estimate of drug-likeness (QED) is 0.532. The zero-order valence-electron chi connectivity index (χ0n) is 14.3. The molecule has 2 N–H and O–H groups in total. The van der Waals surface area contributed by atoms with Crippen molar-refractivity contribution in [2.24, 2.45) is 0 Å². The van der Waals surface area contributed by atoms with Crippen LogP contribution in [0.3, 0.4) is 0 Å². The molecule has 1 heterocycles. The highest BCUT2D eigenvalue weighted by Gasteiger charge is 2.10. The summed E-state index contributed by atoms with van der Waals surface area (Å²) < 4.78 is 5.60. The highest BCUT2D eigenvalue weighted by Crippen LogP contribution is 2.18. The average Bonchev–Trinajstić information content (AvgIpc) is 3.04. The van der Waals surface area contributed by atoms with Crippen LogP contribution in [0.1, 0.15) is 45.4 Å². The van der Waals surface area contributed by atoms with Crippen molar-refractivity contribution in [1.29, 1.82) is 0 Å². The number of hydrogen-bond donors (Lipinski definition) is 2. The fraction of sp³-hybridized carbons (Fsp3) is 0.471. The minimum atomic E-state index is -0.0875. The fourth-order valence-corrected chi connectivity index (χ4v) is 2.48. The number of thioether (sulfide) groups is 1. The fourth-order valence-electron chi connectivity index (χ4n) is 1.88. The van der Waals surface area contributed by atoms with Crippen molar-refractivity contribution in [3.8, 4) is 5.75 Å². The molecular weight excluding hydrogens is 324 g/mol. The second-order valence-corrected chi connectivity index (χ2v) is 6.66. The van der Waals surface area contributed by atoms with Crippen LogP contribution in [0.15, 0.2) is 29.4 Å². The van der Waals surface area contributed by atoms with E-state index in [0.717, 1.165) is 30.1 Å². The Kier molecular flexibility index (Phi) is 7.11. The Labute approximate surface area is 146 Å². The van der Waals surface area contributed by atoms with Gasteiger partial charge in [-0.15, -0.1) is 5.10 Å². The second-order valence-electron chi connectivity index (χ2n) is 5.72. The van der Waals surface area contributed by atoms with Gasteiger partial charge >= 0.3 is 0 Å². The van der Waals surface area contributed by atoms with Gasteiger partial charge < -0.3 is 10.1 Å². The number of hydrogen-bond acceptors (Lipinski definition) is 5. The molecule has 0 radical (unpaired) electrons. The molecular formula is C17H24N4O2S. The van der Waals surface area contributed by atoms with Crippen molar-refractivity contribution in [2.45, 2.75) is 44.7 Å². The van der Waals surface area contributed by atoms with E-state index >= 15 is 0 Å². The third-order valence-corrected chi connectivity index (χ3v) is 4.11. The van der Waals surface area contributed by atoms with Crippen molar-refractivity contribution in [1.82, 2.24) is 15.2 Å². The predicted octanol–water partition coefficient (Wildman–Crippen LogP) is 3.84. The molecule has 0 saturated carbocycles. The van der Waals surface area contributed by atoms with Crippen LogP contribution in [0, 0.1) is 0 Å². The van der Waals surface area contributed by atoms with Crippen molar-refractivity contribution in [3.63, 3.8) is 0 Å². The molecule has 1 amide bonds. The van der Waals surface area contributed by atoms with Crippen LogP contribution < -0.4 is 10.1 Å². The highest BCUT2D eigenvalue weighted by atomic mass is 32.2. The molecule has 0 bridgehead atoms. The molecule has 0 unspecified atom stereocenters. The largest absolute Gasteiger partial charge is 0.494 e. The Morgan fingerprint density at radius 3 is 2.71 bits per heavy atom. The molecule has 1 aromatic carbocycles. The molecule has 0 aliphatic carbocycles. The first-order valence-corrected chi connectivity index (χ1v) is 9.15. The monoisotopic (exact) mass is 348 g/mol. The molecule has 130 valence electrons. The summed E-state index contributed by atoms with van der Waals surface area (Å²) in [7, 11) is 0. The number of nitrogens with zero attached hydrogens (tertiary/aromatic N) is 2. The third kappa shape index (κ3) is 5.88. The Morgan fingerprint density at radius 1 is 1.33 bits per heavy atom. The molecule has 6 nitrogen and oxygen atoms in total. The molecule has 0 fully saturated rings. The molecule has 7 heteroatoms. The van der Waals surface area contributed by atoms with E-state index in [1.807, 2.05) is 38.1 Å². The summed E-state index contributed by atoms with van der Waals surface area (Å²) >= 11 is 1.31. The van der Waals surface area contributed by atoms with E-state index in [4.69, 9.17) is 4.74 Å². The van der Waals surface area contributed by atoms with Crippen LogP contribution in [-0.4, -0.2) is 33.4 Å². The maximum atomic E-state index is 12.0. The van der Waals surface area contributed by atoms with Gasteiger partial charge in [0.1, 0.15) is 11.6 Å². The van der Waals surface area contributed by atoms with Crippen LogP contribution in [0.25, 0.3) is 0 Å².